The first-order valence-electron chi connectivity index (χ1n) is 7.88. The molecule has 1 atom stereocenters. The number of nitrogens with two attached hydrogens (primary N) is 1. The molecule has 0 aromatic carbocycles. The van der Waals surface area contributed by atoms with Crippen LogP contribution in [-0.2, 0) is 9.53 Å². The van der Waals surface area contributed by atoms with Gasteiger partial charge < -0.3 is 20.6 Å². The Morgan fingerprint density at radius 1 is 1.43 bits per heavy atom. The number of hydrogen-bond donors (Lipinski definition) is 2. The molecule has 1 fully saturated rings. The van der Waals surface area contributed by atoms with Gasteiger partial charge >= 0.3 is 0 Å². The van der Waals surface area contributed by atoms with Crippen molar-refractivity contribution in [2.45, 2.75) is 58.5 Å². The van der Waals surface area contributed by atoms with Crippen LogP contribution in [0.3, 0.4) is 0 Å². The molecule has 3 N–H and O–H groups in total. The third-order valence-electron chi connectivity index (χ3n) is 3.66. The first-order valence-corrected chi connectivity index (χ1v) is 7.88. The molecule has 0 saturated carbocycles. The van der Waals surface area contributed by atoms with Crippen molar-refractivity contribution in [1.82, 2.24) is 4.90 Å². The number of rotatable bonds is 8. The van der Waals surface area contributed by atoms with Gasteiger partial charge in [-0.1, -0.05) is 19.0 Å². The molecule has 1 aliphatic heterocycles. The van der Waals surface area contributed by atoms with Crippen LogP contribution < -0.4 is 5.73 Å². The number of ether oxygens (including phenoxy) is 1. The molecule has 21 heavy (non-hydrogen) atoms. The van der Waals surface area contributed by atoms with Crippen molar-refractivity contribution in [2.75, 3.05) is 19.7 Å². The van der Waals surface area contributed by atoms with Crippen LogP contribution in [0.2, 0.25) is 0 Å². The molecule has 0 radical (unpaired) electrons. The van der Waals surface area contributed by atoms with Gasteiger partial charge in [0.2, 0.25) is 5.91 Å². The highest BCUT2D eigenvalue weighted by Crippen LogP contribution is 2.17. The van der Waals surface area contributed by atoms with E-state index >= 15 is 0 Å². The van der Waals surface area contributed by atoms with Crippen LogP contribution in [0.4, 0.5) is 0 Å². The topological polar surface area (TPSA) is 88.1 Å². The Bertz CT molecular complexity index is 339. The van der Waals surface area contributed by atoms with E-state index in [2.05, 4.69) is 19.0 Å². The Morgan fingerprint density at radius 2 is 2.19 bits per heavy atom. The molecule has 6 nitrogen and oxygen atoms in total. The molecule has 0 aromatic heterocycles. The van der Waals surface area contributed by atoms with Crippen LogP contribution in [0, 0.1) is 5.92 Å². The lowest BCUT2D eigenvalue weighted by Gasteiger charge is -2.26. The van der Waals surface area contributed by atoms with Gasteiger partial charge in [0.25, 0.3) is 0 Å². The van der Waals surface area contributed by atoms with E-state index in [0.29, 0.717) is 31.8 Å². The highest BCUT2D eigenvalue weighted by atomic mass is 16.5. The molecule has 1 rings (SSSR count). The van der Waals surface area contributed by atoms with Crippen LogP contribution in [0.5, 0.6) is 0 Å². The quantitative estimate of drug-likeness (QED) is 0.310. The second-order valence-electron chi connectivity index (χ2n) is 6.10. The Kier molecular flexibility index (Phi) is 8.12. The van der Waals surface area contributed by atoms with Crippen molar-refractivity contribution in [3.05, 3.63) is 0 Å². The molecular formula is C15H29N3O3. The molecule has 1 heterocycles. The predicted molar refractivity (Wildman–Crippen MR) is 82.3 cm³/mol. The molecule has 0 aliphatic carbocycles. The Hall–Kier alpha value is -1.30. The molecular weight excluding hydrogens is 270 g/mol. The number of hydrogen-bond acceptors (Lipinski definition) is 4. The monoisotopic (exact) mass is 299 g/mol. The third-order valence-corrected chi connectivity index (χ3v) is 3.66. The molecule has 1 unspecified atom stereocenters. The first kappa shape index (κ1) is 17.8. The molecule has 1 aliphatic rings. The first-order chi connectivity index (χ1) is 10.0. The average molecular weight is 299 g/mol. The summed E-state index contributed by atoms with van der Waals surface area (Å²) in [5.74, 6) is 0.683. The molecule has 0 bridgehead atoms. The second-order valence-corrected chi connectivity index (χ2v) is 6.10. The summed E-state index contributed by atoms with van der Waals surface area (Å²) in [6.07, 6.45) is 5.30. The van der Waals surface area contributed by atoms with Gasteiger partial charge in [-0.05, 0) is 31.6 Å². The van der Waals surface area contributed by atoms with Crippen LogP contribution in [0.15, 0.2) is 5.16 Å². The van der Waals surface area contributed by atoms with Crippen molar-refractivity contribution in [1.29, 1.82) is 0 Å². The Morgan fingerprint density at radius 3 is 2.76 bits per heavy atom. The maximum atomic E-state index is 12.3. The van der Waals surface area contributed by atoms with E-state index in [1.165, 1.54) is 6.42 Å². The van der Waals surface area contributed by atoms with E-state index in [0.717, 1.165) is 25.9 Å². The lowest BCUT2D eigenvalue weighted by Crippen LogP contribution is -2.37. The van der Waals surface area contributed by atoms with E-state index in [1.54, 1.807) is 0 Å². The normalized spacial score (nSPS) is 19.8. The molecule has 1 amide bonds. The Labute approximate surface area is 127 Å². The Balaban J connectivity index is 2.41. The van der Waals surface area contributed by atoms with Gasteiger partial charge in [0.15, 0.2) is 0 Å². The smallest absolute Gasteiger partial charge is 0.222 e. The van der Waals surface area contributed by atoms with Crippen molar-refractivity contribution in [3.8, 4) is 0 Å². The van der Waals surface area contributed by atoms with Crippen molar-refractivity contribution in [2.24, 2.45) is 16.8 Å². The number of carbonyl (C=O) groups excluding carboxylic acids is 1. The lowest BCUT2D eigenvalue weighted by atomic mass is 10.0. The maximum Gasteiger partial charge on any atom is 0.222 e. The lowest BCUT2D eigenvalue weighted by molar-refractivity contribution is -0.132. The molecule has 122 valence electrons. The third kappa shape index (κ3) is 7.32. The minimum absolute atomic E-state index is 0.128. The molecule has 0 aromatic rings. The number of carbonyl (C=O) groups is 1. The zero-order chi connectivity index (χ0) is 15.7. The molecule has 0 spiro atoms. The van der Waals surface area contributed by atoms with Crippen molar-refractivity contribution in [3.63, 3.8) is 0 Å². The minimum Gasteiger partial charge on any atom is -0.409 e. The van der Waals surface area contributed by atoms with Gasteiger partial charge in [-0.25, -0.2) is 0 Å². The highest BCUT2D eigenvalue weighted by molar-refractivity contribution is 5.81. The summed E-state index contributed by atoms with van der Waals surface area (Å²) in [5.41, 5.74) is 5.49. The summed E-state index contributed by atoms with van der Waals surface area (Å²) in [5, 5.41) is 11.5. The predicted octanol–water partition coefficient (Wildman–Crippen LogP) is 1.96. The largest absolute Gasteiger partial charge is 0.409 e. The highest BCUT2D eigenvalue weighted by Gasteiger charge is 2.19. The minimum atomic E-state index is 0.128. The van der Waals surface area contributed by atoms with Gasteiger partial charge in [0.1, 0.15) is 5.84 Å². The number of amides is 1. The van der Waals surface area contributed by atoms with E-state index < -0.39 is 0 Å². The molecule has 6 heteroatoms. The maximum absolute atomic E-state index is 12.3. The van der Waals surface area contributed by atoms with E-state index in [1.807, 2.05) is 4.90 Å². The second kappa shape index (κ2) is 9.60. The van der Waals surface area contributed by atoms with Gasteiger partial charge in [0.05, 0.1) is 6.10 Å². The fourth-order valence-electron chi connectivity index (χ4n) is 2.54. The van der Waals surface area contributed by atoms with Crippen LogP contribution in [0.25, 0.3) is 0 Å². The SMILES string of the molecule is CC(C)CN(CCC(N)=NO)C(=O)CCC1CCCCO1. The van der Waals surface area contributed by atoms with Crippen LogP contribution >= 0.6 is 0 Å². The number of oxime groups is 1. The van der Waals surface area contributed by atoms with Crippen molar-refractivity contribution < 1.29 is 14.7 Å². The van der Waals surface area contributed by atoms with Crippen LogP contribution in [0.1, 0.15) is 52.4 Å². The average Bonchev–Trinajstić information content (AvgIpc) is 2.49. The van der Waals surface area contributed by atoms with Crippen molar-refractivity contribution >= 4 is 11.7 Å². The van der Waals surface area contributed by atoms with Gasteiger partial charge in [-0.2, -0.15) is 0 Å². The zero-order valence-electron chi connectivity index (χ0n) is 13.3. The van der Waals surface area contributed by atoms with E-state index in [9.17, 15) is 4.79 Å². The van der Waals surface area contributed by atoms with E-state index in [-0.39, 0.29) is 17.8 Å². The summed E-state index contributed by atoms with van der Waals surface area (Å²) in [6.45, 7) is 6.17. The summed E-state index contributed by atoms with van der Waals surface area (Å²) in [7, 11) is 0. The zero-order valence-corrected chi connectivity index (χ0v) is 13.3. The van der Waals surface area contributed by atoms with Gasteiger partial charge in [-0.3, -0.25) is 4.79 Å². The summed E-state index contributed by atoms with van der Waals surface area (Å²) in [4.78, 5) is 14.2. The standard InChI is InChI=1S/C15H29N3O3/c1-12(2)11-18(9-8-14(16)17-20)15(19)7-6-13-5-3-4-10-21-13/h12-13,20H,3-11H2,1-2H3,(H2,16,17). The van der Waals surface area contributed by atoms with Gasteiger partial charge in [-0.15, -0.1) is 0 Å². The summed E-state index contributed by atoms with van der Waals surface area (Å²) >= 11 is 0. The van der Waals surface area contributed by atoms with Gasteiger partial charge in [0, 0.05) is 32.5 Å². The number of amidine groups is 1. The van der Waals surface area contributed by atoms with Crippen LogP contribution in [-0.4, -0.2) is 47.7 Å². The number of nitrogens with zero attached hydrogens (tertiary/aromatic N) is 2. The fourth-order valence-corrected chi connectivity index (χ4v) is 2.54. The van der Waals surface area contributed by atoms with E-state index in [4.69, 9.17) is 15.7 Å². The summed E-state index contributed by atoms with van der Waals surface area (Å²) < 4.78 is 5.66. The molecule has 1 saturated heterocycles. The summed E-state index contributed by atoms with van der Waals surface area (Å²) in [6, 6.07) is 0. The fraction of sp³-hybridized carbons (Fsp3) is 0.867.